The van der Waals surface area contributed by atoms with Crippen LogP contribution >= 0.6 is 24.8 Å². The standard InChI is InChI=1S/C18H25N5.2ClH/c1-12(2)19-10-7-11-20-17-14-8-5-6-9-15(14)21-18-16(17)13(3)22-23(18)4;;/h5-6,8-9,12,19H,7,10-11H2,1-4H3,(H,20,21);2*1H. The van der Waals surface area contributed by atoms with Gasteiger partial charge in [0.2, 0.25) is 0 Å². The minimum Gasteiger partial charge on any atom is -0.384 e. The van der Waals surface area contributed by atoms with Gasteiger partial charge in [0.1, 0.15) is 0 Å². The molecule has 0 radical (unpaired) electrons. The number of nitrogens with zero attached hydrogens (tertiary/aromatic N) is 3. The van der Waals surface area contributed by atoms with Crippen molar-refractivity contribution >= 4 is 52.4 Å². The van der Waals surface area contributed by atoms with Gasteiger partial charge in [-0.05, 0) is 26.0 Å². The first-order valence-electron chi connectivity index (χ1n) is 8.27. The lowest BCUT2D eigenvalue weighted by Crippen LogP contribution is -2.25. The molecule has 0 unspecified atom stereocenters. The summed E-state index contributed by atoms with van der Waals surface area (Å²) < 4.78 is 1.86. The third-order valence-electron chi connectivity index (χ3n) is 4.05. The van der Waals surface area contributed by atoms with Crippen molar-refractivity contribution in [3.63, 3.8) is 0 Å². The number of aryl methyl sites for hydroxylation is 2. The zero-order chi connectivity index (χ0) is 16.4. The zero-order valence-electron chi connectivity index (χ0n) is 15.2. The summed E-state index contributed by atoms with van der Waals surface area (Å²) in [6, 6.07) is 8.81. The molecule has 3 rings (SSSR count). The van der Waals surface area contributed by atoms with Crippen LogP contribution in [-0.2, 0) is 7.05 Å². The Labute approximate surface area is 161 Å². The van der Waals surface area contributed by atoms with Gasteiger partial charge in [-0.3, -0.25) is 4.68 Å². The highest BCUT2D eigenvalue weighted by Gasteiger charge is 2.14. The minimum atomic E-state index is 0. The lowest BCUT2D eigenvalue weighted by atomic mass is 10.1. The third kappa shape index (κ3) is 4.54. The molecule has 0 bridgehead atoms. The maximum Gasteiger partial charge on any atom is 0.160 e. The van der Waals surface area contributed by atoms with E-state index >= 15 is 0 Å². The number of benzene rings is 1. The number of rotatable bonds is 6. The maximum absolute atomic E-state index is 4.77. The van der Waals surface area contributed by atoms with Gasteiger partial charge in [0.15, 0.2) is 5.65 Å². The van der Waals surface area contributed by atoms with Gasteiger partial charge in [-0.2, -0.15) is 5.10 Å². The monoisotopic (exact) mass is 383 g/mol. The summed E-state index contributed by atoms with van der Waals surface area (Å²) in [7, 11) is 1.95. The molecule has 0 aliphatic rings. The van der Waals surface area contributed by atoms with Gasteiger partial charge in [0, 0.05) is 25.0 Å². The first-order valence-corrected chi connectivity index (χ1v) is 8.27. The second-order valence-electron chi connectivity index (χ2n) is 6.30. The van der Waals surface area contributed by atoms with Crippen molar-refractivity contribution in [1.29, 1.82) is 0 Å². The number of halogens is 2. The molecule has 0 spiro atoms. The van der Waals surface area contributed by atoms with Gasteiger partial charge in [-0.15, -0.1) is 24.8 Å². The molecule has 0 aliphatic heterocycles. The SMILES string of the molecule is Cc1nn(C)c2nc3ccccc3c(NCCCNC(C)C)c12.Cl.Cl. The predicted molar refractivity (Wildman–Crippen MR) is 111 cm³/mol. The summed E-state index contributed by atoms with van der Waals surface area (Å²) in [6.45, 7) is 8.34. The van der Waals surface area contributed by atoms with Crippen molar-refractivity contribution in [2.75, 3.05) is 18.4 Å². The summed E-state index contributed by atoms with van der Waals surface area (Å²) in [5.74, 6) is 0. The van der Waals surface area contributed by atoms with Crippen molar-refractivity contribution in [2.45, 2.75) is 33.2 Å². The van der Waals surface area contributed by atoms with E-state index in [0.29, 0.717) is 6.04 Å². The Morgan fingerprint density at radius 3 is 2.56 bits per heavy atom. The molecule has 1 aromatic carbocycles. The zero-order valence-corrected chi connectivity index (χ0v) is 16.8. The van der Waals surface area contributed by atoms with Crippen LogP contribution < -0.4 is 10.6 Å². The van der Waals surface area contributed by atoms with E-state index < -0.39 is 0 Å². The molecule has 3 aromatic rings. The van der Waals surface area contributed by atoms with E-state index in [0.717, 1.165) is 52.8 Å². The summed E-state index contributed by atoms with van der Waals surface area (Å²) in [6.07, 6.45) is 1.08. The number of hydrogen-bond donors (Lipinski definition) is 2. The van der Waals surface area contributed by atoms with Crippen LogP contribution in [0.15, 0.2) is 24.3 Å². The Morgan fingerprint density at radius 2 is 1.84 bits per heavy atom. The Morgan fingerprint density at radius 1 is 1.12 bits per heavy atom. The summed E-state index contributed by atoms with van der Waals surface area (Å²) in [5.41, 5.74) is 4.11. The highest BCUT2D eigenvalue weighted by atomic mass is 35.5. The van der Waals surface area contributed by atoms with Crippen LogP contribution in [0.1, 0.15) is 26.0 Å². The van der Waals surface area contributed by atoms with E-state index in [1.807, 2.05) is 24.7 Å². The number of para-hydroxylation sites is 1. The van der Waals surface area contributed by atoms with E-state index in [-0.39, 0.29) is 24.8 Å². The van der Waals surface area contributed by atoms with E-state index in [4.69, 9.17) is 4.98 Å². The second kappa shape index (κ2) is 9.22. The topological polar surface area (TPSA) is 54.8 Å². The molecule has 0 saturated heterocycles. The highest BCUT2D eigenvalue weighted by Crippen LogP contribution is 2.32. The number of fused-ring (bicyclic) bond motifs is 2. The van der Waals surface area contributed by atoms with Crippen LogP contribution in [0.25, 0.3) is 21.9 Å². The van der Waals surface area contributed by atoms with Gasteiger partial charge in [-0.25, -0.2) is 4.98 Å². The fourth-order valence-electron chi connectivity index (χ4n) is 2.97. The minimum absolute atomic E-state index is 0. The van der Waals surface area contributed by atoms with Crippen LogP contribution in [0.5, 0.6) is 0 Å². The molecule has 5 nitrogen and oxygen atoms in total. The molecule has 2 N–H and O–H groups in total. The summed E-state index contributed by atoms with van der Waals surface area (Å²) >= 11 is 0. The maximum atomic E-state index is 4.77. The lowest BCUT2D eigenvalue weighted by molar-refractivity contribution is 0.578. The van der Waals surface area contributed by atoms with Crippen molar-refractivity contribution in [3.05, 3.63) is 30.0 Å². The quantitative estimate of drug-likeness (QED) is 0.629. The summed E-state index contributed by atoms with van der Waals surface area (Å²) in [5, 5.41) is 13.9. The number of nitrogens with one attached hydrogen (secondary N) is 2. The largest absolute Gasteiger partial charge is 0.384 e. The van der Waals surface area contributed by atoms with Crippen LogP contribution in [0.4, 0.5) is 5.69 Å². The van der Waals surface area contributed by atoms with E-state index in [1.54, 1.807) is 0 Å². The molecular formula is C18H27Cl2N5. The molecule has 25 heavy (non-hydrogen) atoms. The Hall–Kier alpha value is -1.56. The average Bonchev–Trinajstić information content (AvgIpc) is 2.80. The van der Waals surface area contributed by atoms with Crippen LogP contribution in [0.3, 0.4) is 0 Å². The molecule has 2 heterocycles. The van der Waals surface area contributed by atoms with Gasteiger partial charge in [0.05, 0.1) is 22.3 Å². The molecule has 138 valence electrons. The molecule has 0 aliphatic carbocycles. The van der Waals surface area contributed by atoms with Gasteiger partial charge in [-0.1, -0.05) is 32.0 Å². The van der Waals surface area contributed by atoms with E-state index in [2.05, 4.69) is 47.8 Å². The molecule has 0 saturated carbocycles. The number of aromatic nitrogens is 3. The third-order valence-corrected chi connectivity index (χ3v) is 4.05. The van der Waals surface area contributed by atoms with Crippen molar-refractivity contribution in [1.82, 2.24) is 20.1 Å². The van der Waals surface area contributed by atoms with Crippen molar-refractivity contribution in [3.8, 4) is 0 Å². The molecule has 0 atom stereocenters. The fourth-order valence-corrected chi connectivity index (χ4v) is 2.97. The molecule has 2 aromatic heterocycles. The lowest BCUT2D eigenvalue weighted by Gasteiger charge is -2.13. The number of hydrogen-bond acceptors (Lipinski definition) is 4. The number of pyridine rings is 1. The first kappa shape index (κ1) is 21.5. The van der Waals surface area contributed by atoms with Crippen molar-refractivity contribution in [2.24, 2.45) is 7.05 Å². The summed E-state index contributed by atoms with van der Waals surface area (Å²) in [4.78, 5) is 4.77. The predicted octanol–water partition coefficient (Wildman–Crippen LogP) is 4.07. The second-order valence-corrected chi connectivity index (χ2v) is 6.30. The van der Waals surface area contributed by atoms with E-state index in [9.17, 15) is 0 Å². The van der Waals surface area contributed by atoms with E-state index in [1.165, 1.54) is 0 Å². The average molecular weight is 384 g/mol. The smallest absolute Gasteiger partial charge is 0.160 e. The van der Waals surface area contributed by atoms with Crippen LogP contribution in [0.2, 0.25) is 0 Å². The first-order chi connectivity index (χ1) is 11.1. The van der Waals surface area contributed by atoms with Gasteiger partial charge < -0.3 is 10.6 Å². The van der Waals surface area contributed by atoms with Gasteiger partial charge in [0.25, 0.3) is 0 Å². The normalized spacial score (nSPS) is 10.8. The van der Waals surface area contributed by atoms with Crippen molar-refractivity contribution < 1.29 is 0 Å². The fraction of sp³-hybridized carbons (Fsp3) is 0.444. The molecule has 7 heteroatoms. The highest BCUT2D eigenvalue weighted by molar-refractivity contribution is 6.07. The molecular weight excluding hydrogens is 357 g/mol. The Bertz CT molecular complexity index is 829. The Kier molecular flexibility index (Phi) is 7.93. The molecule has 0 fully saturated rings. The van der Waals surface area contributed by atoms with Gasteiger partial charge >= 0.3 is 0 Å². The number of anilines is 1. The van der Waals surface area contributed by atoms with Crippen LogP contribution in [-0.4, -0.2) is 33.9 Å². The Balaban J connectivity index is 0.00000156. The van der Waals surface area contributed by atoms with Crippen LogP contribution in [0, 0.1) is 6.92 Å². The molecule has 0 amide bonds.